The Labute approximate surface area is 62.4 Å². The third kappa shape index (κ3) is 0.523. The van der Waals surface area contributed by atoms with Crippen molar-refractivity contribution < 1.29 is 0 Å². The molecule has 58 valence electrons. The van der Waals surface area contributed by atoms with E-state index >= 15 is 0 Å². The minimum absolute atomic E-state index is 0.261. The van der Waals surface area contributed by atoms with Crippen LogP contribution >= 0.6 is 0 Å². The second-order valence-corrected chi connectivity index (χ2v) is 4.45. The van der Waals surface area contributed by atoms with Gasteiger partial charge in [-0.3, -0.25) is 0 Å². The van der Waals surface area contributed by atoms with Crippen molar-refractivity contribution in [2.24, 2.45) is 17.1 Å². The molecule has 0 aromatic heterocycles. The summed E-state index contributed by atoms with van der Waals surface area (Å²) in [5.41, 5.74) is 6.77. The number of nitrogens with zero attached hydrogens (tertiary/aromatic N) is 1. The van der Waals surface area contributed by atoms with Gasteiger partial charge in [0.05, 0.1) is 0 Å². The highest BCUT2D eigenvalue weighted by atomic mass is 15.2. The summed E-state index contributed by atoms with van der Waals surface area (Å²) >= 11 is 0. The second-order valence-electron chi connectivity index (χ2n) is 4.45. The maximum absolute atomic E-state index is 6.04. The van der Waals surface area contributed by atoms with Crippen molar-refractivity contribution in [1.29, 1.82) is 0 Å². The molecule has 2 rings (SSSR count). The number of nitrogens with two attached hydrogens (primary N) is 1. The summed E-state index contributed by atoms with van der Waals surface area (Å²) in [5.74, 6) is 0.849. The Morgan fingerprint density at radius 1 is 1.60 bits per heavy atom. The molecule has 0 amide bonds. The van der Waals surface area contributed by atoms with Crippen LogP contribution in [0.1, 0.15) is 13.3 Å². The van der Waals surface area contributed by atoms with E-state index in [1.165, 1.54) is 6.42 Å². The number of hydrogen-bond donors (Lipinski definition) is 1. The zero-order valence-electron chi connectivity index (χ0n) is 7.02. The second kappa shape index (κ2) is 1.41. The molecular formula is C8H16N2. The van der Waals surface area contributed by atoms with Gasteiger partial charge in [-0.25, -0.2) is 0 Å². The molecule has 0 bridgehead atoms. The van der Waals surface area contributed by atoms with E-state index in [9.17, 15) is 0 Å². The smallest absolute Gasteiger partial charge is 0.0263 e. The van der Waals surface area contributed by atoms with Gasteiger partial charge in [-0.05, 0) is 26.4 Å². The molecule has 3 atom stereocenters. The lowest BCUT2D eigenvalue weighted by atomic mass is 9.94. The van der Waals surface area contributed by atoms with Crippen LogP contribution in [0.2, 0.25) is 0 Å². The van der Waals surface area contributed by atoms with E-state index in [0.717, 1.165) is 12.5 Å². The van der Waals surface area contributed by atoms with Crippen molar-refractivity contribution in [3.8, 4) is 0 Å². The van der Waals surface area contributed by atoms with Crippen LogP contribution in [-0.4, -0.2) is 31.1 Å². The molecule has 0 heterocycles. The van der Waals surface area contributed by atoms with Crippen LogP contribution in [0.25, 0.3) is 0 Å². The maximum atomic E-state index is 6.04. The SMILES string of the molecule is CN(C)CC1(C)C2CC21N. The molecule has 0 radical (unpaired) electrons. The monoisotopic (exact) mass is 140 g/mol. The maximum Gasteiger partial charge on any atom is 0.0263 e. The molecule has 2 aliphatic carbocycles. The largest absolute Gasteiger partial charge is 0.324 e. The van der Waals surface area contributed by atoms with Crippen molar-refractivity contribution >= 4 is 0 Å². The molecular weight excluding hydrogens is 124 g/mol. The molecule has 3 unspecified atom stereocenters. The average molecular weight is 140 g/mol. The Morgan fingerprint density at radius 2 is 2.10 bits per heavy atom. The van der Waals surface area contributed by atoms with Gasteiger partial charge in [0.25, 0.3) is 0 Å². The number of rotatable bonds is 2. The van der Waals surface area contributed by atoms with E-state index in [0.29, 0.717) is 5.41 Å². The van der Waals surface area contributed by atoms with Gasteiger partial charge in [0, 0.05) is 17.5 Å². The van der Waals surface area contributed by atoms with Crippen LogP contribution in [0.15, 0.2) is 0 Å². The predicted molar refractivity (Wildman–Crippen MR) is 41.7 cm³/mol. The molecule has 2 heteroatoms. The molecule has 2 fully saturated rings. The van der Waals surface area contributed by atoms with Gasteiger partial charge in [-0.1, -0.05) is 6.92 Å². The van der Waals surface area contributed by atoms with Crippen LogP contribution in [0.3, 0.4) is 0 Å². The fraction of sp³-hybridized carbons (Fsp3) is 1.00. The summed E-state index contributed by atoms with van der Waals surface area (Å²) in [4.78, 5) is 2.24. The first-order chi connectivity index (χ1) is 4.51. The molecule has 10 heavy (non-hydrogen) atoms. The van der Waals surface area contributed by atoms with E-state index < -0.39 is 0 Å². The zero-order valence-corrected chi connectivity index (χ0v) is 7.02. The third-order valence-electron chi connectivity index (χ3n) is 3.40. The van der Waals surface area contributed by atoms with Crippen LogP contribution in [0.5, 0.6) is 0 Å². The minimum atomic E-state index is 0.261. The normalized spacial score (nSPS) is 56.7. The minimum Gasteiger partial charge on any atom is -0.324 e. The van der Waals surface area contributed by atoms with Gasteiger partial charge >= 0.3 is 0 Å². The van der Waals surface area contributed by atoms with Gasteiger partial charge in [-0.2, -0.15) is 0 Å². The molecule has 2 aliphatic rings. The van der Waals surface area contributed by atoms with Crippen molar-refractivity contribution in [1.82, 2.24) is 4.90 Å². The van der Waals surface area contributed by atoms with Crippen LogP contribution in [0.4, 0.5) is 0 Å². The van der Waals surface area contributed by atoms with E-state index in [4.69, 9.17) is 5.73 Å². The Morgan fingerprint density at radius 3 is 2.20 bits per heavy atom. The predicted octanol–water partition coefficient (Wildman–Crippen LogP) is 0.285. The van der Waals surface area contributed by atoms with Gasteiger partial charge in [-0.15, -0.1) is 0 Å². The Kier molecular flexibility index (Phi) is 0.933. The topological polar surface area (TPSA) is 29.3 Å². The standard InChI is InChI=1S/C8H16N2/c1-7(5-10(2)3)6-4-8(6,7)9/h6H,4-5,9H2,1-3H3. The summed E-state index contributed by atoms with van der Waals surface area (Å²) in [6.45, 7) is 3.47. The van der Waals surface area contributed by atoms with Gasteiger partial charge in [0.2, 0.25) is 0 Å². The lowest BCUT2D eigenvalue weighted by Gasteiger charge is -2.24. The van der Waals surface area contributed by atoms with Crippen molar-refractivity contribution in [2.75, 3.05) is 20.6 Å². The summed E-state index contributed by atoms with van der Waals surface area (Å²) in [5, 5.41) is 0. The number of hydrogen-bond acceptors (Lipinski definition) is 2. The number of fused-ring (bicyclic) bond motifs is 1. The molecule has 0 spiro atoms. The molecule has 2 nitrogen and oxygen atoms in total. The highest BCUT2D eigenvalue weighted by molar-refractivity contribution is 5.39. The van der Waals surface area contributed by atoms with Crippen molar-refractivity contribution in [2.45, 2.75) is 18.9 Å². The molecule has 0 aliphatic heterocycles. The lowest BCUT2D eigenvalue weighted by Crippen LogP contribution is -2.34. The first-order valence-electron chi connectivity index (χ1n) is 3.94. The zero-order chi connectivity index (χ0) is 7.57. The first kappa shape index (κ1) is 6.62. The van der Waals surface area contributed by atoms with Gasteiger partial charge in [0.15, 0.2) is 0 Å². The molecule has 2 N–H and O–H groups in total. The highest BCUT2D eigenvalue weighted by Gasteiger charge is 2.84. The Bertz CT molecular complexity index is 178. The Balaban J connectivity index is 1.96. The molecule has 0 saturated heterocycles. The fourth-order valence-corrected chi connectivity index (χ4v) is 2.42. The Hall–Kier alpha value is -0.0800. The summed E-state index contributed by atoms with van der Waals surface area (Å²) in [7, 11) is 4.23. The molecule has 0 aromatic rings. The molecule has 0 aromatic carbocycles. The van der Waals surface area contributed by atoms with E-state index in [1.54, 1.807) is 0 Å². The fourth-order valence-electron chi connectivity index (χ4n) is 2.42. The van der Waals surface area contributed by atoms with E-state index in [2.05, 4.69) is 25.9 Å². The summed E-state index contributed by atoms with van der Waals surface area (Å²) in [6.07, 6.45) is 1.28. The van der Waals surface area contributed by atoms with Crippen LogP contribution in [0, 0.1) is 11.3 Å². The highest BCUT2D eigenvalue weighted by Crippen LogP contribution is 2.78. The average Bonchev–Trinajstić information content (AvgIpc) is 2.53. The summed E-state index contributed by atoms with van der Waals surface area (Å²) in [6, 6.07) is 0. The first-order valence-corrected chi connectivity index (χ1v) is 3.94. The molecule has 2 saturated carbocycles. The van der Waals surface area contributed by atoms with E-state index in [-0.39, 0.29) is 5.54 Å². The van der Waals surface area contributed by atoms with Gasteiger partial charge < -0.3 is 10.6 Å². The van der Waals surface area contributed by atoms with Crippen LogP contribution < -0.4 is 5.73 Å². The van der Waals surface area contributed by atoms with Crippen molar-refractivity contribution in [3.05, 3.63) is 0 Å². The lowest BCUT2D eigenvalue weighted by molar-refractivity contribution is 0.255. The van der Waals surface area contributed by atoms with Crippen molar-refractivity contribution in [3.63, 3.8) is 0 Å². The van der Waals surface area contributed by atoms with Gasteiger partial charge in [0.1, 0.15) is 0 Å². The summed E-state index contributed by atoms with van der Waals surface area (Å²) < 4.78 is 0. The van der Waals surface area contributed by atoms with E-state index in [1.807, 2.05) is 0 Å². The third-order valence-corrected chi connectivity index (χ3v) is 3.40. The van der Waals surface area contributed by atoms with Crippen LogP contribution in [-0.2, 0) is 0 Å². The quantitative estimate of drug-likeness (QED) is 0.597.